The molecule has 0 unspecified atom stereocenters. The van der Waals surface area contributed by atoms with E-state index in [-0.39, 0.29) is 4.90 Å². The maximum atomic E-state index is 12.3. The van der Waals surface area contributed by atoms with Crippen LogP contribution in [0.15, 0.2) is 47.4 Å². The number of para-hydroxylation sites is 1. The standard InChI is InChI=1S/C21H23NO5S/c1-4-16-7-5-6-15(3)20(16)22-21(25)19(24)12-17(23)13-28(26,27)18-10-8-14(2)9-11-18/h5-11H,4,12-13H2,1-3H3,(H,22,25). The van der Waals surface area contributed by atoms with Crippen LogP contribution in [0.4, 0.5) is 5.69 Å². The first-order valence-electron chi connectivity index (χ1n) is 8.88. The lowest BCUT2D eigenvalue weighted by Gasteiger charge is -2.12. The second kappa shape index (κ2) is 8.93. The molecule has 0 aromatic heterocycles. The fraction of sp³-hybridized carbons (Fsp3) is 0.286. The summed E-state index contributed by atoms with van der Waals surface area (Å²) in [6, 6.07) is 11.6. The van der Waals surface area contributed by atoms with Gasteiger partial charge in [-0.2, -0.15) is 0 Å². The van der Waals surface area contributed by atoms with Crippen LogP contribution in [0.3, 0.4) is 0 Å². The molecule has 0 heterocycles. The molecule has 0 atom stereocenters. The van der Waals surface area contributed by atoms with Crippen molar-refractivity contribution in [1.29, 1.82) is 0 Å². The average molecular weight is 401 g/mol. The number of carbonyl (C=O) groups is 3. The quantitative estimate of drug-likeness (QED) is 0.542. The lowest BCUT2D eigenvalue weighted by atomic mass is 10.1. The molecule has 0 aliphatic heterocycles. The number of hydrogen-bond acceptors (Lipinski definition) is 5. The first-order chi connectivity index (χ1) is 13.1. The number of anilines is 1. The molecular formula is C21H23NO5S. The zero-order valence-corrected chi connectivity index (χ0v) is 16.9. The Labute approximate surface area is 164 Å². The lowest BCUT2D eigenvalue weighted by Crippen LogP contribution is -2.28. The van der Waals surface area contributed by atoms with Crippen molar-refractivity contribution in [3.8, 4) is 0 Å². The Morgan fingerprint density at radius 3 is 2.21 bits per heavy atom. The van der Waals surface area contributed by atoms with E-state index in [2.05, 4.69) is 5.32 Å². The van der Waals surface area contributed by atoms with Gasteiger partial charge < -0.3 is 5.32 Å². The topological polar surface area (TPSA) is 97.4 Å². The molecule has 6 nitrogen and oxygen atoms in total. The van der Waals surface area contributed by atoms with Crippen LogP contribution >= 0.6 is 0 Å². The van der Waals surface area contributed by atoms with Gasteiger partial charge in [0.05, 0.1) is 11.3 Å². The summed E-state index contributed by atoms with van der Waals surface area (Å²) in [7, 11) is -3.86. The maximum absolute atomic E-state index is 12.3. The van der Waals surface area contributed by atoms with Gasteiger partial charge in [0.15, 0.2) is 15.6 Å². The minimum atomic E-state index is -3.86. The number of rotatable bonds is 8. The van der Waals surface area contributed by atoms with E-state index in [1.807, 2.05) is 26.0 Å². The molecule has 28 heavy (non-hydrogen) atoms. The highest BCUT2D eigenvalue weighted by atomic mass is 32.2. The van der Waals surface area contributed by atoms with E-state index in [0.717, 1.165) is 16.7 Å². The Morgan fingerprint density at radius 1 is 0.964 bits per heavy atom. The summed E-state index contributed by atoms with van der Waals surface area (Å²) in [5.74, 6) is -3.53. The molecule has 0 bridgehead atoms. The van der Waals surface area contributed by atoms with E-state index in [9.17, 15) is 22.8 Å². The molecule has 2 aromatic rings. The fourth-order valence-electron chi connectivity index (χ4n) is 2.74. The van der Waals surface area contributed by atoms with Crippen LogP contribution in [0.25, 0.3) is 0 Å². The van der Waals surface area contributed by atoms with E-state index < -0.39 is 39.5 Å². The maximum Gasteiger partial charge on any atom is 0.292 e. The van der Waals surface area contributed by atoms with Gasteiger partial charge in [0.1, 0.15) is 5.75 Å². The fourth-order valence-corrected chi connectivity index (χ4v) is 3.98. The zero-order chi connectivity index (χ0) is 20.9. The summed E-state index contributed by atoms with van der Waals surface area (Å²) in [6.07, 6.45) is -0.0938. The summed E-state index contributed by atoms with van der Waals surface area (Å²) in [5, 5.41) is 2.55. The minimum absolute atomic E-state index is 0.0100. The summed E-state index contributed by atoms with van der Waals surface area (Å²) >= 11 is 0. The molecule has 148 valence electrons. The number of hydrogen-bond donors (Lipinski definition) is 1. The first-order valence-corrected chi connectivity index (χ1v) is 10.5. The van der Waals surface area contributed by atoms with Crippen molar-refractivity contribution in [3.63, 3.8) is 0 Å². The van der Waals surface area contributed by atoms with Gasteiger partial charge in [-0.25, -0.2) is 8.42 Å². The predicted octanol–water partition coefficient (Wildman–Crippen LogP) is 2.81. The number of benzene rings is 2. The van der Waals surface area contributed by atoms with Crippen molar-refractivity contribution in [2.24, 2.45) is 0 Å². The number of nitrogens with one attached hydrogen (secondary N) is 1. The zero-order valence-electron chi connectivity index (χ0n) is 16.1. The van der Waals surface area contributed by atoms with Gasteiger partial charge >= 0.3 is 0 Å². The highest BCUT2D eigenvalue weighted by Gasteiger charge is 2.24. The molecular weight excluding hydrogens is 378 g/mol. The molecule has 0 aliphatic carbocycles. The van der Waals surface area contributed by atoms with Gasteiger partial charge in [0.25, 0.3) is 5.91 Å². The van der Waals surface area contributed by atoms with Crippen LogP contribution in [0, 0.1) is 13.8 Å². The van der Waals surface area contributed by atoms with Gasteiger partial charge in [-0.05, 0) is 43.5 Å². The monoisotopic (exact) mass is 401 g/mol. The lowest BCUT2D eigenvalue weighted by molar-refractivity contribution is -0.137. The van der Waals surface area contributed by atoms with Crippen LogP contribution in [0.2, 0.25) is 0 Å². The number of carbonyl (C=O) groups excluding carboxylic acids is 3. The number of amides is 1. The third-order valence-electron chi connectivity index (χ3n) is 4.32. The van der Waals surface area contributed by atoms with Gasteiger partial charge in [-0.1, -0.05) is 42.8 Å². The van der Waals surface area contributed by atoms with Crippen molar-refractivity contribution < 1.29 is 22.8 Å². The Bertz CT molecular complexity index is 1010. The third-order valence-corrected chi connectivity index (χ3v) is 6.01. The van der Waals surface area contributed by atoms with Crippen LogP contribution in [0.1, 0.15) is 30.0 Å². The van der Waals surface area contributed by atoms with E-state index in [4.69, 9.17) is 0 Å². The first kappa shape index (κ1) is 21.5. The van der Waals surface area contributed by atoms with E-state index in [1.165, 1.54) is 12.1 Å². The predicted molar refractivity (Wildman–Crippen MR) is 107 cm³/mol. The van der Waals surface area contributed by atoms with E-state index >= 15 is 0 Å². The summed E-state index contributed by atoms with van der Waals surface area (Å²) in [5.41, 5.74) is 3.10. The van der Waals surface area contributed by atoms with Crippen molar-refractivity contribution in [2.75, 3.05) is 11.1 Å². The molecule has 1 amide bonds. The van der Waals surface area contributed by atoms with Crippen molar-refractivity contribution in [3.05, 3.63) is 59.2 Å². The molecule has 0 aliphatic rings. The van der Waals surface area contributed by atoms with Crippen molar-refractivity contribution in [1.82, 2.24) is 0 Å². The largest absolute Gasteiger partial charge is 0.319 e. The van der Waals surface area contributed by atoms with Crippen LogP contribution in [-0.2, 0) is 30.6 Å². The molecule has 0 spiro atoms. The highest BCUT2D eigenvalue weighted by molar-refractivity contribution is 7.92. The average Bonchev–Trinajstić information content (AvgIpc) is 2.63. The van der Waals surface area contributed by atoms with Crippen LogP contribution in [-0.4, -0.2) is 31.6 Å². The molecule has 0 fully saturated rings. The normalized spacial score (nSPS) is 11.1. The van der Waals surface area contributed by atoms with Gasteiger partial charge in [0.2, 0.25) is 5.78 Å². The summed E-state index contributed by atoms with van der Waals surface area (Å²) < 4.78 is 24.6. The molecule has 2 aromatic carbocycles. The van der Waals surface area contributed by atoms with E-state index in [0.29, 0.717) is 12.1 Å². The van der Waals surface area contributed by atoms with Gasteiger partial charge in [-0.15, -0.1) is 0 Å². The Kier molecular flexibility index (Phi) is 6.85. The molecule has 0 radical (unpaired) electrons. The summed E-state index contributed by atoms with van der Waals surface area (Å²) in [4.78, 5) is 36.4. The van der Waals surface area contributed by atoms with Crippen LogP contribution < -0.4 is 5.32 Å². The second-order valence-corrected chi connectivity index (χ2v) is 8.62. The minimum Gasteiger partial charge on any atom is -0.319 e. The highest BCUT2D eigenvalue weighted by Crippen LogP contribution is 2.21. The Hall–Kier alpha value is -2.80. The van der Waals surface area contributed by atoms with Gasteiger partial charge in [-0.3, -0.25) is 14.4 Å². The molecule has 0 saturated carbocycles. The molecule has 2 rings (SSSR count). The Morgan fingerprint density at radius 2 is 1.61 bits per heavy atom. The molecule has 1 N–H and O–H groups in total. The second-order valence-electron chi connectivity index (χ2n) is 6.63. The smallest absolute Gasteiger partial charge is 0.292 e. The molecule has 0 saturated heterocycles. The van der Waals surface area contributed by atoms with E-state index in [1.54, 1.807) is 25.1 Å². The Balaban J connectivity index is 2.03. The number of Topliss-reactive ketones (excluding diaryl/α,β-unsaturated/α-hetero) is 2. The third kappa shape index (κ3) is 5.36. The van der Waals surface area contributed by atoms with Gasteiger partial charge in [0, 0.05) is 5.69 Å². The number of sulfone groups is 1. The molecule has 7 heteroatoms. The van der Waals surface area contributed by atoms with Crippen molar-refractivity contribution in [2.45, 2.75) is 38.5 Å². The van der Waals surface area contributed by atoms with Crippen LogP contribution in [0.5, 0.6) is 0 Å². The SMILES string of the molecule is CCc1cccc(C)c1NC(=O)C(=O)CC(=O)CS(=O)(=O)c1ccc(C)cc1. The van der Waals surface area contributed by atoms with Crippen molar-refractivity contribution >= 4 is 33.0 Å². The number of aryl methyl sites for hydroxylation is 3. The summed E-state index contributed by atoms with van der Waals surface area (Å²) in [6.45, 7) is 5.54. The number of ketones is 2.